The Morgan fingerprint density at radius 2 is 2.03 bits per heavy atom. The Balaban J connectivity index is 1.29. The molecule has 2 aromatic carbocycles. The van der Waals surface area contributed by atoms with Crippen molar-refractivity contribution in [2.75, 3.05) is 24.5 Å². The summed E-state index contributed by atoms with van der Waals surface area (Å²) < 4.78 is 21.6. The zero-order chi connectivity index (χ0) is 23.3. The fraction of sp³-hybridized carbons (Fsp3) is 0.586. The molecule has 1 spiro atoms. The SMILES string of the molecule is Oc1ccc2c3c1O[C@H]1C4C(C[C@@]5(O)[C@@H](C2)N(CC2CC2)CCC315)c1cc(F)cc2c1N4CCC2. The number of aliphatic hydroxyl groups is 1. The summed E-state index contributed by atoms with van der Waals surface area (Å²) in [6, 6.07) is 7.38. The van der Waals surface area contributed by atoms with Crippen LogP contribution in [0.15, 0.2) is 24.3 Å². The maximum atomic E-state index is 14.8. The normalized spacial score (nSPS) is 39.7. The van der Waals surface area contributed by atoms with Gasteiger partial charge in [0.1, 0.15) is 11.9 Å². The van der Waals surface area contributed by atoms with Gasteiger partial charge in [-0.3, -0.25) is 4.90 Å². The van der Waals surface area contributed by atoms with Crippen LogP contribution in [-0.4, -0.2) is 58.5 Å². The molecule has 4 heterocycles. The number of rotatable bonds is 2. The van der Waals surface area contributed by atoms with E-state index in [9.17, 15) is 14.6 Å². The summed E-state index contributed by atoms with van der Waals surface area (Å²) in [6.07, 6.45) is 6.50. The second-order valence-corrected chi connectivity index (χ2v) is 12.4. The van der Waals surface area contributed by atoms with Crippen LogP contribution in [0.25, 0.3) is 0 Å². The first-order chi connectivity index (χ1) is 17.0. The molecule has 35 heavy (non-hydrogen) atoms. The first kappa shape index (κ1) is 19.8. The van der Waals surface area contributed by atoms with Crippen LogP contribution in [0.5, 0.6) is 11.5 Å². The van der Waals surface area contributed by atoms with E-state index in [4.69, 9.17) is 4.74 Å². The van der Waals surface area contributed by atoms with E-state index in [1.54, 1.807) is 18.2 Å². The number of benzene rings is 2. The standard InChI is InChI=1S/C29H31FN2O3/c30-18-10-17-2-1-8-32-24(17)19(12-18)20-13-29(34)22-11-16-5-6-21(33)26-23(16)28(29,27(35-26)25(20)32)7-9-31(22)14-15-3-4-15/h5-6,10,12,15,20,22,25,27,33-34H,1-4,7-9,11,13-14H2/t20?,22-,25?,27+,28?,29-/m1/s1. The first-order valence-electron chi connectivity index (χ1n) is 13.6. The highest BCUT2D eigenvalue weighted by molar-refractivity contribution is 5.72. The van der Waals surface area contributed by atoms with Crippen LogP contribution in [0.1, 0.15) is 60.3 Å². The molecule has 182 valence electrons. The van der Waals surface area contributed by atoms with Crippen molar-refractivity contribution in [1.82, 2.24) is 4.90 Å². The van der Waals surface area contributed by atoms with E-state index >= 15 is 0 Å². The number of anilines is 1. The van der Waals surface area contributed by atoms with Gasteiger partial charge < -0.3 is 19.8 Å². The highest BCUT2D eigenvalue weighted by Crippen LogP contribution is 2.69. The van der Waals surface area contributed by atoms with E-state index in [1.807, 2.05) is 0 Å². The Hall–Kier alpha value is -2.31. The van der Waals surface area contributed by atoms with Crippen molar-refractivity contribution in [3.8, 4) is 11.5 Å². The number of likely N-dealkylation sites (tertiary alicyclic amines) is 1. The zero-order valence-corrected chi connectivity index (χ0v) is 19.8. The lowest BCUT2D eigenvalue weighted by molar-refractivity contribution is -0.193. The fourth-order valence-corrected chi connectivity index (χ4v) is 9.51. The number of halogens is 1. The lowest BCUT2D eigenvalue weighted by Gasteiger charge is -2.65. The summed E-state index contributed by atoms with van der Waals surface area (Å²) in [5.41, 5.74) is 4.17. The molecule has 3 fully saturated rings. The predicted octanol–water partition coefficient (Wildman–Crippen LogP) is 3.62. The van der Waals surface area contributed by atoms with Gasteiger partial charge in [0.25, 0.3) is 0 Å². The number of phenolic OH excluding ortho intramolecular Hbond substituents is 1. The number of hydrogen-bond donors (Lipinski definition) is 2. The van der Waals surface area contributed by atoms with Crippen molar-refractivity contribution in [3.05, 3.63) is 52.3 Å². The summed E-state index contributed by atoms with van der Waals surface area (Å²) in [4.78, 5) is 5.05. The third kappa shape index (κ3) is 2.16. The van der Waals surface area contributed by atoms with E-state index in [2.05, 4.69) is 15.9 Å². The number of hydrogen-bond acceptors (Lipinski definition) is 5. The Labute approximate surface area is 204 Å². The molecule has 0 amide bonds. The monoisotopic (exact) mass is 474 g/mol. The van der Waals surface area contributed by atoms with Crippen molar-refractivity contribution in [2.45, 2.75) is 80.1 Å². The summed E-state index contributed by atoms with van der Waals surface area (Å²) >= 11 is 0. The number of phenols is 1. The fourth-order valence-electron chi connectivity index (χ4n) is 9.51. The van der Waals surface area contributed by atoms with Gasteiger partial charge in [-0.2, -0.15) is 0 Å². The largest absolute Gasteiger partial charge is 0.504 e. The Morgan fingerprint density at radius 3 is 2.89 bits per heavy atom. The van der Waals surface area contributed by atoms with E-state index < -0.39 is 11.0 Å². The predicted molar refractivity (Wildman–Crippen MR) is 129 cm³/mol. The van der Waals surface area contributed by atoms with E-state index in [-0.39, 0.29) is 35.7 Å². The van der Waals surface area contributed by atoms with Crippen molar-refractivity contribution in [3.63, 3.8) is 0 Å². The quantitative estimate of drug-likeness (QED) is 0.697. The Kier molecular flexibility index (Phi) is 3.48. The van der Waals surface area contributed by atoms with Crippen LogP contribution < -0.4 is 9.64 Å². The van der Waals surface area contributed by atoms with Crippen LogP contribution in [0, 0.1) is 11.7 Å². The number of nitrogens with zero attached hydrogens (tertiary/aromatic N) is 2. The number of fused-ring (bicyclic) bond motifs is 4. The molecule has 5 nitrogen and oxygen atoms in total. The minimum absolute atomic E-state index is 0.0297. The summed E-state index contributed by atoms with van der Waals surface area (Å²) in [6.45, 7) is 2.96. The van der Waals surface area contributed by atoms with Crippen molar-refractivity contribution < 1.29 is 19.3 Å². The van der Waals surface area contributed by atoms with Gasteiger partial charge in [-0.1, -0.05) is 6.07 Å². The highest BCUT2D eigenvalue weighted by Gasteiger charge is 2.76. The average molecular weight is 475 g/mol. The summed E-state index contributed by atoms with van der Waals surface area (Å²) in [5.74, 6) is 1.40. The molecule has 3 unspecified atom stereocenters. The maximum Gasteiger partial charge on any atom is 0.165 e. The number of ether oxygens (including phenoxy) is 1. The van der Waals surface area contributed by atoms with Gasteiger partial charge in [-0.05, 0) is 92.3 Å². The second kappa shape index (κ2) is 6.15. The molecule has 0 radical (unpaired) electrons. The molecule has 2 N–H and O–H groups in total. The van der Waals surface area contributed by atoms with Crippen LogP contribution in [0.3, 0.4) is 0 Å². The first-order valence-corrected chi connectivity index (χ1v) is 13.6. The van der Waals surface area contributed by atoms with Gasteiger partial charge in [-0.25, -0.2) is 4.39 Å². The molecule has 2 bridgehead atoms. The van der Waals surface area contributed by atoms with Gasteiger partial charge in [0.2, 0.25) is 0 Å². The van der Waals surface area contributed by atoms with Gasteiger partial charge in [-0.15, -0.1) is 0 Å². The molecule has 6 heteroatoms. The van der Waals surface area contributed by atoms with Gasteiger partial charge in [0.05, 0.1) is 17.1 Å². The van der Waals surface area contributed by atoms with E-state index in [0.717, 1.165) is 67.9 Å². The van der Waals surface area contributed by atoms with E-state index in [1.165, 1.54) is 24.1 Å². The number of aromatic hydroxyl groups is 1. The van der Waals surface area contributed by atoms with E-state index in [0.29, 0.717) is 12.2 Å². The molecule has 7 aliphatic rings. The molecule has 2 aromatic rings. The molecule has 6 atom stereocenters. The second-order valence-electron chi connectivity index (χ2n) is 12.4. The Bertz CT molecular complexity index is 1310. The van der Waals surface area contributed by atoms with Crippen molar-refractivity contribution in [1.29, 1.82) is 0 Å². The highest BCUT2D eigenvalue weighted by atomic mass is 19.1. The minimum Gasteiger partial charge on any atom is -0.504 e. The van der Waals surface area contributed by atoms with Crippen LogP contribution in [0.4, 0.5) is 10.1 Å². The number of piperidine rings is 1. The number of aryl methyl sites for hydroxylation is 1. The third-order valence-corrected chi connectivity index (χ3v) is 10.9. The minimum atomic E-state index is -0.966. The van der Waals surface area contributed by atoms with Gasteiger partial charge >= 0.3 is 0 Å². The van der Waals surface area contributed by atoms with Gasteiger partial charge in [0, 0.05) is 36.3 Å². The summed E-state index contributed by atoms with van der Waals surface area (Å²) in [7, 11) is 0. The zero-order valence-electron chi connectivity index (χ0n) is 19.8. The van der Waals surface area contributed by atoms with Crippen LogP contribution in [0.2, 0.25) is 0 Å². The molecule has 0 aromatic heterocycles. The molecule has 9 rings (SSSR count). The van der Waals surface area contributed by atoms with Gasteiger partial charge in [0.15, 0.2) is 11.5 Å². The topological polar surface area (TPSA) is 56.2 Å². The molecule has 4 aliphatic heterocycles. The lowest BCUT2D eigenvalue weighted by atomic mass is 9.46. The smallest absolute Gasteiger partial charge is 0.165 e. The van der Waals surface area contributed by atoms with Crippen LogP contribution >= 0.6 is 0 Å². The molecule has 2 saturated carbocycles. The molecule has 3 aliphatic carbocycles. The summed E-state index contributed by atoms with van der Waals surface area (Å²) in [5, 5.41) is 23.9. The van der Waals surface area contributed by atoms with Crippen molar-refractivity contribution in [2.24, 2.45) is 5.92 Å². The van der Waals surface area contributed by atoms with Crippen molar-refractivity contribution >= 4 is 5.69 Å². The Morgan fingerprint density at radius 1 is 1.14 bits per heavy atom. The lowest BCUT2D eigenvalue weighted by Crippen LogP contribution is -2.79. The average Bonchev–Trinajstić information content (AvgIpc) is 3.50. The third-order valence-electron chi connectivity index (χ3n) is 10.9. The van der Waals surface area contributed by atoms with Crippen LogP contribution in [-0.2, 0) is 18.3 Å². The maximum absolute atomic E-state index is 14.8. The molecule has 1 saturated heterocycles. The molecular weight excluding hydrogens is 443 g/mol. The molecular formula is C29H31FN2O3.